The lowest BCUT2D eigenvalue weighted by Gasteiger charge is -2.28. The smallest absolute Gasteiger partial charge is 0.132 e. The van der Waals surface area contributed by atoms with Crippen LogP contribution in [0.25, 0.3) is 0 Å². The number of hydrogen-bond donors (Lipinski definition) is 1. The van der Waals surface area contributed by atoms with E-state index in [-0.39, 0.29) is 18.1 Å². The summed E-state index contributed by atoms with van der Waals surface area (Å²) in [5.41, 5.74) is -1.80. The first kappa shape index (κ1) is 11.5. The van der Waals surface area contributed by atoms with Gasteiger partial charge < -0.3 is 9.84 Å². The molecule has 0 heterocycles. The first-order valence-corrected chi connectivity index (χ1v) is 5.25. The maximum atomic E-state index is 13.6. The van der Waals surface area contributed by atoms with Gasteiger partial charge in [0.15, 0.2) is 0 Å². The summed E-state index contributed by atoms with van der Waals surface area (Å²) in [5.74, 6) is -1.54. The maximum Gasteiger partial charge on any atom is 0.132 e. The molecular formula is C12H14F2O2. The Morgan fingerprint density at radius 2 is 1.94 bits per heavy atom. The van der Waals surface area contributed by atoms with Crippen LogP contribution < -0.4 is 0 Å². The number of halogens is 2. The lowest BCUT2D eigenvalue weighted by atomic mass is 9.88. The summed E-state index contributed by atoms with van der Waals surface area (Å²) in [5, 5.41) is 10.4. The highest BCUT2D eigenvalue weighted by Crippen LogP contribution is 2.47. The zero-order valence-corrected chi connectivity index (χ0v) is 9.04. The first-order chi connectivity index (χ1) is 7.59. The largest absolute Gasteiger partial charge is 0.382 e. The number of methoxy groups -OCH3 is 1. The third-order valence-corrected chi connectivity index (χ3v) is 3.01. The van der Waals surface area contributed by atoms with Crippen LogP contribution in [-0.4, -0.2) is 18.8 Å². The number of rotatable bonds is 4. The lowest BCUT2D eigenvalue weighted by Crippen LogP contribution is -2.35. The lowest BCUT2D eigenvalue weighted by molar-refractivity contribution is -0.0580. The van der Waals surface area contributed by atoms with Gasteiger partial charge in [0.05, 0.1) is 12.2 Å². The highest BCUT2D eigenvalue weighted by molar-refractivity contribution is 5.28. The molecule has 16 heavy (non-hydrogen) atoms. The monoisotopic (exact) mass is 228 g/mol. The summed E-state index contributed by atoms with van der Waals surface area (Å²) in [4.78, 5) is 0. The van der Waals surface area contributed by atoms with Crippen LogP contribution in [0, 0.1) is 17.6 Å². The predicted octanol–water partition coefficient (Wildman–Crippen LogP) is 2.21. The van der Waals surface area contributed by atoms with Crippen molar-refractivity contribution in [1.82, 2.24) is 0 Å². The molecule has 1 saturated carbocycles. The van der Waals surface area contributed by atoms with E-state index in [0.29, 0.717) is 0 Å². The zero-order valence-electron chi connectivity index (χ0n) is 9.04. The molecule has 88 valence electrons. The zero-order chi connectivity index (χ0) is 11.8. The van der Waals surface area contributed by atoms with Crippen LogP contribution in [-0.2, 0) is 10.3 Å². The van der Waals surface area contributed by atoms with Crippen molar-refractivity contribution in [2.75, 3.05) is 13.7 Å². The van der Waals surface area contributed by atoms with Gasteiger partial charge in [-0.1, -0.05) is 6.07 Å². The van der Waals surface area contributed by atoms with E-state index in [2.05, 4.69) is 0 Å². The van der Waals surface area contributed by atoms with Crippen molar-refractivity contribution in [2.45, 2.75) is 18.4 Å². The molecule has 2 rings (SSSR count). The number of hydrogen-bond acceptors (Lipinski definition) is 2. The molecule has 1 unspecified atom stereocenters. The van der Waals surface area contributed by atoms with E-state index in [4.69, 9.17) is 4.74 Å². The molecule has 1 atom stereocenters. The Bertz CT molecular complexity index is 370. The Labute approximate surface area is 92.9 Å². The Kier molecular flexibility index (Phi) is 2.95. The minimum absolute atomic E-state index is 0.0878. The van der Waals surface area contributed by atoms with Gasteiger partial charge in [0.2, 0.25) is 0 Å². The maximum absolute atomic E-state index is 13.6. The van der Waals surface area contributed by atoms with E-state index in [1.807, 2.05) is 0 Å². The molecule has 1 fully saturated rings. The fourth-order valence-corrected chi connectivity index (χ4v) is 2.09. The number of aliphatic hydroxyl groups is 1. The molecule has 1 aliphatic rings. The van der Waals surface area contributed by atoms with E-state index >= 15 is 0 Å². The molecule has 0 radical (unpaired) electrons. The summed E-state index contributed by atoms with van der Waals surface area (Å²) in [7, 11) is 1.41. The molecule has 1 aromatic carbocycles. The fraction of sp³-hybridized carbons (Fsp3) is 0.500. The molecule has 0 saturated heterocycles. The van der Waals surface area contributed by atoms with Gasteiger partial charge in [0.1, 0.15) is 17.2 Å². The van der Waals surface area contributed by atoms with Crippen LogP contribution in [0.4, 0.5) is 8.78 Å². The molecule has 2 nitrogen and oxygen atoms in total. The molecular weight excluding hydrogens is 214 g/mol. The highest BCUT2D eigenvalue weighted by atomic mass is 19.1. The number of benzene rings is 1. The van der Waals surface area contributed by atoms with Crippen molar-refractivity contribution >= 4 is 0 Å². The molecule has 1 aromatic rings. The fourth-order valence-electron chi connectivity index (χ4n) is 2.09. The number of ether oxygens (including phenoxy) is 1. The van der Waals surface area contributed by atoms with Crippen molar-refractivity contribution < 1.29 is 18.6 Å². The first-order valence-electron chi connectivity index (χ1n) is 5.25. The van der Waals surface area contributed by atoms with Gasteiger partial charge in [0.25, 0.3) is 0 Å². The predicted molar refractivity (Wildman–Crippen MR) is 54.9 cm³/mol. The average molecular weight is 228 g/mol. The molecule has 0 aromatic heterocycles. The molecule has 0 bridgehead atoms. The second-order valence-electron chi connectivity index (χ2n) is 4.23. The van der Waals surface area contributed by atoms with E-state index < -0.39 is 17.2 Å². The minimum Gasteiger partial charge on any atom is -0.382 e. The third-order valence-electron chi connectivity index (χ3n) is 3.01. The van der Waals surface area contributed by atoms with E-state index in [1.54, 1.807) is 0 Å². The van der Waals surface area contributed by atoms with Gasteiger partial charge >= 0.3 is 0 Å². The SMILES string of the molecule is COCC(O)(c1c(F)cccc1F)C1CC1. The molecule has 4 heteroatoms. The van der Waals surface area contributed by atoms with Gasteiger partial charge in [-0.15, -0.1) is 0 Å². The van der Waals surface area contributed by atoms with Gasteiger partial charge in [-0.25, -0.2) is 8.78 Å². The van der Waals surface area contributed by atoms with Crippen LogP contribution in [0.1, 0.15) is 18.4 Å². The third kappa shape index (κ3) is 1.83. The second-order valence-corrected chi connectivity index (χ2v) is 4.23. The molecule has 1 N–H and O–H groups in total. The van der Waals surface area contributed by atoms with Crippen molar-refractivity contribution in [3.63, 3.8) is 0 Å². The van der Waals surface area contributed by atoms with Crippen LogP contribution >= 0.6 is 0 Å². The Balaban J connectivity index is 2.46. The van der Waals surface area contributed by atoms with Gasteiger partial charge in [-0.3, -0.25) is 0 Å². The summed E-state index contributed by atoms with van der Waals surface area (Å²) < 4.78 is 32.1. The Morgan fingerprint density at radius 1 is 1.38 bits per heavy atom. The average Bonchev–Trinajstić information content (AvgIpc) is 3.00. The van der Waals surface area contributed by atoms with Crippen molar-refractivity contribution in [3.05, 3.63) is 35.4 Å². The van der Waals surface area contributed by atoms with Gasteiger partial charge in [-0.2, -0.15) is 0 Å². The van der Waals surface area contributed by atoms with Crippen LogP contribution in [0.5, 0.6) is 0 Å². The minimum atomic E-state index is -1.54. The van der Waals surface area contributed by atoms with Gasteiger partial charge in [0, 0.05) is 7.11 Å². The summed E-state index contributed by atoms with van der Waals surface area (Å²) in [6.45, 7) is -0.0878. The second kappa shape index (κ2) is 4.11. The molecule has 0 spiro atoms. The topological polar surface area (TPSA) is 29.5 Å². The standard InChI is InChI=1S/C12H14F2O2/c1-16-7-12(15,8-5-6-8)11-9(13)3-2-4-10(11)14/h2-4,8,15H,5-7H2,1H3. The molecule has 0 aliphatic heterocycles. The van der Waals surface area contributed by atoms with E-state index in [9.17, 15) is 13.9 Å². The normalized spacial score (nSPS) is 19.5. The summed E-state index contributed by atoms with van der Waals surface area (Å²) in [6.07, 6.45) is 1.54. The molecule has 0 amide bonds. The van der Waals surface area contributed by atoms with Crippen molar-refractivity contribution in [2.24, 2.45) is 5.92 Å². The Hall–Kier alpha value is -1.00. The quantitative estimate of drug-likeness (QED) is 0.856. The van der Waals surface area contributed by atoms with Gasteiger partial charge in [-0.05, 0) is 30.9 Å². The highest BCUT2D eigenvalue weighted by Gasteiger charge is 2.48. The van der Waals surface area contributed by atoms with E-state index in [0.717, 1.165) is 25.0 Å². The summed E-state index contributed by atoms with van der Waals surface area (Å²) in [6, 6.07) is 3.59. The van der Waals surface area contributed by atoms with Crippen LogP contribution in [0.15, 0.2) is 18.2 Å². The van der Waals surface area contributed by atoms with Crippen LogP contribution in [0.3, 0.4) is 0 Å². The van der Waals surface area contributed by atoms with Crippen LogP contribution in [0.2, 0.25) is 0 Å². The van der Waals surface area contributed by atoms with Crippen molar-refractivity contribution in [1.29, 1.82) is 0 Å². The van der Waals surface area contributed by atoms with E-state index in [1.165, 1.54) is 13.2 Å². The summed E-state index contributed by atoms with van der Waals surface area (Å²) >= 11 is 0. The Morgan fingerprint density at radius 3 is 2.38 bits per heavy atom. The van der Waals surface area contributed by atoms with Crippen molar-refractivity contribution in [3.8, 4) is 0 Å². The molecule has 1 aliphatic carbocycles.